The summed E-state index contributed by atoms with van der Waals surface area (Å²) in [5.41, 5.74) is 0. The molecule has 3 rings (SSSR count). The first-order valence-electron chi connectivity index (χ1n) is 6.90. The van der Waals surface area contributed by atoms with Crippen molar-refractivity contribution in [2.45, 2.75) is 31.5 Å². The van der Waals surface area contributed by atoms with Crippen LogP contribution in [0.3, 0.4) is 0 Å². The van der Waals surface area contributed by atoms with Gasteiger partial charge < -0.3 is 14.7 Å². The number of hydrogen-bond donors (Lipinski definition) is 1. The molecule has 6 heteroatoms. The second-order valence-electron chi connectivity index (χ2n) is 5.39. The van der Waals surface area contributed by atoms with E-state index in [0.29, 0.717) is 13.2 Å². The molecule has 1 aromatic heterocycles. The van der Waals surface area contributed by atoms with Gasteiger partial charge in [-0.05, 0) is 19.9 Å². The monoisotopic (exact) mass is 283 g/mol. The zero-order valence-corrected chi connectivity index (χ0v) is 12.1. The summed E-state index contributed by atoms with van der Waals surface area (Å²) >= 11 is 1.77. The maximum Gasteiger partial charge on any atom is 0.185 e. The number of nitrogens with zero attached hydrogens (tertiary/aromatic N) is 3. The van der Waals surface area contributed by atoms with E-state index in [1.165, 1.54) is 17.7 Å². The summed E-state index contributed by atoms with van der Waals surface area (Å²) in [4.78, 5) is 10.3. The van der Waals surface area contributed by atoms with Crippen molar-refractivity contribution in [2.24, 2.45) is 0 Å². The maximum atomic E-state index is 9.83. The maximum absolute atomic E-state index is 9.83. The highest BCUT2D eigenvalue weighted by atomic mass is 32.1. The van der Waals surface area contributed by atoms with Crippen LogP contribution in [0, 0.1) is 0 Å². The molecule has 2 fully saturated rings. The van der Waals surface area contributed by atoms with Gasteiger partial charge in [-0.15, -0.1) is 11.3 Å². The summed E-state index contributed by atoms with van der Waals surface area (Å²) in [5.74, 6) is 0. The minimum atomic E-state index is -0.365. The van der Waals surface area contributed by atoms with Gasteiger partial charge in [0.05, 0.1) is 25.4 Å². The van der Waals surface area contributed by atoms with E-state index < -0.39 is 0 Å². The second kappa shape index (κ2) is 5.75. The fraction of sp³-hybridized carbons (Fsp3) is 0.769. The molecule has 1 aromatic rings. The van der Waals surface area contributed by atoms with E-state index >= 15 is 0 Å². The Morgan fingerprint density at radius 3 is 2.95 bits per heavy atom. The highest BCUT2D eigenvalue weighted by molar-refractivity contribution is 7.15. The molecule has 0 bridgehead atoms. The van der Waals surface area contributed by atoms with Crippen LogP contribution in [0.15, 0.2) is 6.20 Å². The van der Waals surface area contributed by atoms with Gasteiger partial charge >= 0.3 is 0 Å². The molecule has 5 nitrogen and oxygen atoms in total. The van der Waals surface area contributed by atoms with Crippen LogP contribution in [0.5, 0.6) is 0 Å². The van der Waals surface area contributed by atoms with Crippen molar-refractivity contribution < 1.29 is 9.84 Å². The number of aliphatic hydroxyl groups excluding tert-OH is 1. The Bertz CT molecular complexity index is 420. The van der Waals surface area contributed by atoms with E-state index in [9.17, 15) is 5.11 Å². The average Bonchev–Trinajstić information content (AvgIpc) is 3.07. The van der Waals surface area contributed by atoms with Gasteiger partial charge in [0.2, 0.25) is 0 Å². The molecule has 0 saturated carbocycles. The molecule has 106 valence electrons. The van der Waals surface area contributed by atoms with Crippen molar-refractivity contribution >= 4 is 16.5 Å². The molecule has 2 aliphatic heterocycles. The van der Waals surface area contributed by atoms with Gasteiger partial charge in [0.15, 0.2) is 5.13 Å². The minimum absolute atomic E-state index is 0.109. The first-order valence-corrected chi connectivity index (χ1v) is 7.71. The Balaban J connectivity index is 1.60. The van der Waals surface area contributed by atoms with Gasteiger partial charge in [-0.1, -0.05) is 0 Å². The second-order valence-corrected chi connectivity index (χ2v) is 6.48. The van der Waals surface area contributed by atoms with Gasteiger partial charge in [-0.3, -0.25) is 4.90 Å². The summed E-state index contributed by atoms with van der Waals surface area (Å²) in [6.45, 7) is 4.18. The predicted molar refractivity (Wildman–Crippen MR) is 75.6 cm³/mol. The van der Waals surface area contributed by atoms with Crippen LogP contribution in [0.4, 0.5) is 5.13 Å². The van der Waals surface area contributed by atoms with Gasteiger partial charge in [0.25, 0.3) is 0 Å². The Labute approximate surface area is 117 Å². The summed E-state index contributed by atoms with van der Waals surface area (Å²) in [7, 11) is 2.04. The van der Waals surface area contributed by atoms with Crippen LogP contribution >= 0.6 is 11.3 Å². The molecule has 0 radical (unpaired) electrons. The largest absolute Gasteiger partial charge is 0.389 e. The fourth-order valence-electron chi connectivity index (χ4n) is 2.74. The Morgan fingerprint density at radius 2 is 2.26 bits per heavy atom. The van der Waals surface area contributed by atoms with Gasteiger partial charge in [-0.25, -0.2) is 4.98 Å². The molecule has 3 heterocycles. The summed E-state index contributed by atoms with van der Waals surface area (Å²) in [5, 5.41) is 11.0. The van der Waals surface area contributed by atoms with Crippen molar-refractivity contribution in [3.63, 3.8) is 0 Å². The molecule has 0 amide bonds. The molecule has 2 saturated heterocycles. The van der Waals surface area contributed by atoms with Crippen molar-refractivity contribution in [1.82, 2.24) is 9.88 Å². The first-order chi connectivity index (χ1) is 9.24. The standard InChI is InChI=1S/C13H21N3O2S/c1-15(11-8-18-9-12(11)17)7-10-6-14-13(19-10)16-4-2-3-5-16/h6,11-12,17H,2-5,7-9H2,1H3/t11-,12-/m0/s1. The quantitative estimate of drug-likeness (QED) is 0.891. The SMILES string of the molecule is CN(Cc1cnc(N2CCCC2)s1)[C@H]1COC[C@@H]1O. The van der Waals surface area contributed by atoms with E-state index in [4.69, 9.17) is 4.74 Å². The van der Waals surface area contributed by atoms with E-state index in [1.54, 1.807) is 11.3 Å². The normalized spacial score (nSPS) is 27.6. The fourth-order valence-corrected chi connectivity index (χ4v) is 3.77. The first kappa shape index (κ1) is 13.3. The molecule has 2 atom stereocenters. The Hall–Kier alpha value is -0.690. The number of ether oxygens (including phenoxy) is 1. The predicted octanol–water partition coefficient (Wildman–Crippen LogP) is 0.935. The summed E-state index contributed by atoms with van der Waals surface area (Å²) < 4.78 is 5.30. The van der Waals surface area contributed by atoms with Gasteiger partial charge in [0, 0.05) is 30.7 Å². The number of rotatable bonds is 4. The van der Waals surface area contributed by atoms with E-state index in [0.717, 1.165) is 24.8 Å². The topological polar surface area (TPSA) is 48.8 Å². The number of aliphatic hydroxyl groups is 1. The van der Waals surface area contributed by atoms with E-state index in [2.05, 4.69) is 14.8 Å². The van der Waals surface area contributed by atoms with Crippen LogP contribution < -0.4 is 4.90 Å². The minimum Gasteiger partial charge on any atom is -0.389 e. The lowest BCUT2D eigenvalue weighted by atomic mass is 10.2. The smallest absolute Gasteiger partial charge is 0.185 e. The third kappa shape index (κ3) is 2.91. The Morgan fingerprint density at radius 1 is 1.47 bits per heavy atom. The number of hydrogen-bond acceptors (Lipinski definition) is 6. The van der Waals surface area contributed by atoms with Crippen molar-refractivity contribution in [3.8, 4) is 0 Å². The number of anilines is 1. The van der Waals surface area contributed by atoms with Gasteiger partial charge in [0.1, 0.15) is 0 Å². The molecule has 2 aliphatic rings. The van der Waals surface area contributed by atoms with Crippen LogP contribution in [0.1, 0.15) is 17.7 Å². The number of thiazole rings is 1. The highest BCUT2D eigenvalue weighted by Gasteiger charge is 2.30. The lowest BCUT2D eigenvalue weighted by molar-refractivity contribution is 0.0929. The summed E-state index contributed by atoms with van der Waals surface area (Å²) in [6.07, 6.45) is 4.16. The number of likely N-dealkylation sites (N-methyl/N-ethyl adjacent to an activating group) is 1. The zero-order chi connectivity index (χ0) is 13.2. The van der Waals surface area contributed by atoms with Crippen LogP contribution in [0.25, 0.3) is 0 Å². The molecule has 1 N–H and O–H groups in total. The lowest BCUT2D eigenvalue weighted by Gasteiger charge is -2.24. The van der Waals surface area contributed by atoms with E-state index in [1.807, 2.05) is 13.2 Å². The highest BCUT2D eigenvalue weighted by Crippen LogP contribution is 2.27. The molecule has 0 aromatic carbocycles. The third-order valence-electron chi connectivity index (χ3n) is 3.91. The van der Waals surface area contributed by atoms with Crippen LogP contribution in [-0.4, -0.2) is 60.5 Å². The van der Waals surface area contributed by atoms with Gasteiger partial charge in [-0.2, -0.15) is 0 Å². The molecule has 19 heavy (non-hydrogen) atoms. The zero-order valence-electron chi connectivity index (χ0n) is 11.3. The van der Waals surface area contributed by atoms with Crippen LogP contribution in [0.2, 0.25) is 0 Å². The van der Waals surface area contributed by atoms with Crippen molar-refractivity contribution in [1.29, 1.82) is 0 Å². The average molecular weight is 283 g/mol. The van der Waals surface area contributed by atoms with E-state index in [-0.39, 0.29) is 12.1 Å². The molecule has 0 aliphatic carbocycles. The molecule has 0 spiro atoms. The van der Waals surface area contributed by atoms with Crippen molar-refractivity contribution in [2.75, 3.05) is 38.3 Å². The molecule has 0 unspecified atom stereocenters. The molecular formula is C13H21N3O2S. The van der Waals surface area contributed by atoms with Crippen molar-refractivity contribution in [3.05, 3.63) is 11.1 Å². The molecular weight excluding hydrogens is 262 g/mol. The van der Waals surface area contributed by atoms with Crippen LogP contribution in [-0.2, 0) is 11.3 Å². The third-order valence-corrected chi connectivity index (χ3v) is 4.95. The number of aromatic nitrogens is 1. The Kier molecular flexibility index (Phi) is 4.02. The summed E-state index contributed by atoms with van der Waals surface area (Å²) in [6, 6.07) is 0.109. The lowest BCUT2D eigenvalue weighted by Crippen LogP contribution is -2.39.